The van der Waals surface area contributed by atoms with Crippen molar-refractivity contribution in [2.75, 3.05) is 13.1 Å². The second-order valence-corrected chi connectivity index (χ2v) is 6.06. The Morgan fingerprint density at radius 1 is 1.09 bits per heavy atom. The van der Waals surface area contributed by atoms with Crippen molar-refractivity contribution in [3.8, 4) is 0 Å². The van der Waals surface area contributed by atoms with Crippen LogP contribution in [0.15, 0.2) is 40.9 Å². The third-order valence-corrected chi connectivity index (χ3v) is 4.19. The van der Waals surface area contributed by atoms with Crippen LogP contribution >= 0.6 is 15.9 Å². The summed E-state index contributed by atoms with van der Waals surface area (Å²) < 4.78 is 0.880. The highest BCUT2D eigenvalue weighted by Crippen LogP contribution is 2.17. The van der Waals surface area contributed by atoms with E-state index in [1.165, 1.54) is 12.2 Å². The van der Waals surface area contributed by atoms with Crippen LogP contribution in [0.2, 0.25) is 0 Å². The van der Waals surface area contributed by atoms with Gasteiger partial charge in [-0.3, -0.25) is 14.4 Å². The molecular weight excluding hydrogens is 350 g/mol. The molecule has 0 radical (unpaired) electrons. The Morgan fingerprint density at radius 2 is 1.68 bits per heavy atom. The van der Waals surface area contributed by atoms with Crippen molar-refractivity contribution in [3.05, 3.63) is 46.5 Å². The number of ketones is 1. The smallest absolute Gasteiger partial charge is 0.306 e. The molecular formula is C16H16BrNO4. The van der Waals surface area contributed by atoms with Crippen LogP contribution in [0.25, 0.3) is 0 Å². The highest BCUT2D eigenvalue weighted by atomic mass is 79.9. The molecule has 1 aliphatic heterocycles. The normalized spacial score (nSPS) is 16.0. The summed E-state index contributed by atoms with van der Waals surface area (Å²) in [6, 6.07) is 6.89. The number of carboxylic acids is 1. The van der Waals surface area contributed by atoms with Crippen molar-refractivity contribution in [1.82, 2.24) is 4.90 Å². The van der Waals surface area contributed by atoms with E-state index in [4.69, 9.17) is 5.11 Å². The van der Waals surface area contributed by atoms with Gasteiger partial charge in [-0.15, -0.1) is 0 Å². The molecule has 2 rings (SSSR count). The molecule has 0 saturated carbocycles. The Kier molecular flexibility index (Phi) is 5.49. The van der Waals surface area contributed by atoms with Gasteiger partial charge in [-0.1, -0.05) is 15.9 Å². The van der Waals surface area contributed by atoms with E-state index in [0.717, 1.165) is 4.47 Å². The van der Waals surface area contributed by atoms with E-state index in [-0.39, 0.29) is 17.6 Å². The number of aliphatic carboxylic acids is 1. The molecule has 5 nitrogen and oxygen atoms in total. The first-order valence-corrected chi connectivity index (χ1v) is 7.76. The summed E-state index contributed by atoms with van der Waals surface area (Å²) in [6.45, 7) is 0.819. The maximum Gasteiger partial charge on any atom is 0.306 e. The topological polar surface area (TPSA) is 74.7 Å². The highest BCUT2D eigenvalue weighted by molar-refractivity contribution is 9.10. The summed E-state index contributed by atoms with van der Waals surface area (Å²) in [5.74, 6) is -1.68. The Hall–Kier alpha value is -1.95. The minimum atomic E-state index is -0.812. The van der Waals surface area contributed by atoms with Crippen LogP contribution in [0.1, 0.15) is 23.2 Å². The van der Waals surface area contributed by atoms with Crippen LogP contribution in [0.4, 0.5) is 0 Å². The van der Waals surface area contributed by atoms with E-state index in [2.05, 4.69) is 15.9 Å². The standard InChI is InChI=1S/C16H16BrNO4/c17-13-3-1-11(2-4-13)14(19)5-6-15(20)18-9-7-12(8-10-18)16(21)22/h1-6,12H,7-10H2,(H,21,22)/b6-5+. The van der Waals surface area contributed by atoms with Gasteiger partial charge < -0.3 is 10.0 Å². The fourth-order valence-electron chi connectivity index (χ4n) is 2.31. The monoisotopic (exact) mass is 365 g/mol. The lowest BCUT2D eigenvalue weighted by atomic mass is 9.97. The molecule has 0 unspecified atom stereocenters. The van der Waals surface area contributed by atoms with Gasteiger partial charge in [-0.2, -0.15) is 0 Å². The molecule has 22 heavy (non-hydrogen) atoms. The molecule has 0 atom stereocenters. The minimum absolute atomic E-state index is 0.235. The van der Waals surface area contributed by atoms with Crippen LogP contribution < -0.4 is 0 Å². The fourth-order valence-corrected chi connectivity index (χ4v) is 2.57. The zero-order chi connectivity index (χ0) is 16.1. The van der Waals surface area contributed by atoms with Gasteiger partial charge in [0.25, 0.3) is 0 Å². The van der Waals surface area contributed by atoms with Gasteiger partial charge >= 0.3 is 5.97 Å². The Labute approximate surface area is 136 Å². The van der Waals surface area contributed by atoms with Gasteiger partial charge in [-0.25, -0.2) is 0 Å². The summed E-state index contributed by atoms with van der Waals surface area (Å²) in [5, 5.41) is 8.92. The molecule has 6 heteroatoms. The second-order valence-electron chi connectivity index (χ2n) is 5.14. The largest absolute Gasteiger partial charge is 0.481 e. The zero-order valence-corrected chi connectivity index (χ0v) is 13.5. The molecule has 1 aromatic rings. The predicted octanol–water partition coefficient (Wildman–Crippen LogP) is 2.51. The van der Waals surface area contributed by atoms with Crippen LogP contribution in [-0.2, 0) is 9.59 Å². The highest BCUT2D eigenvalue weighted by Gasteiger charge is 2.26. The lowest BCUT2D eigenvalue weighted by Gasteiger charge is -2.29. The van der Waals surface area contributed by atoms with E-state index in [0.29, 0.717) is 31.5 Å². The molecule has 1 aliphatic rings. The number of carbonyl (C=O) groups excluding carboxylic acids is 2. The Bertz CT molecular complexity index is 601. The molecule has 0 spiro atoms. The lowest BCUT2D eigenvalue weighted by molar-refractivity contribution is -0.144. The number of carbonyl (C=O) groups is 3. The van der Waals surface area contributed by atoms with Crippen LogP contribution in [0.3, 0.4) is 0 Å². The number of halogens is 1. The average molecular weight is 366 g/mol. The third kappa shape index (κ3) is 4.27. The van der Waals surface area contributed by atoms with Crippen molar-refractivity contribution in [2.45, 2.75) is 12.8 Å². The van der Waals surface area contributed by atoms with Crippen molar-refractivity contribution < 1.29 is 19.5 Å². The van der Waals surface area contributed by atoms with Gasteiger partial charge in [-0.05, 0) is 43.2 Å². The van der Waals surface area contributed by atoms with E-state index in [1.807, 2.05) is 0 Å². The SMILES string of the molecule is O=C(/C=C/C(=O)N1CCC(C(=O)O)CC1)c1ccc(Br)cc1. The molecule has 1 saturated heterocycles. The number of nitrogens with zero attached hydrogens (tertiary/aromatic N) is 1. The number of amides is 1. The molecule has 0 bridgehead atoms. The minimum Gasteiger partial charge on any atom is -0.481 e. The van der Waals surface area contributed by atoms with Crippen LogP contribution in [0.5, 0.6) is 0 Å². The number of allylic oxidation sites excluding steroid dienone is 1. The van der Waals surface area contributed by atoms with E-state index >= 15 is 0 Å². The van der Waals surface area contributed by atoms with Crippen molar-refractivity contribution >= 4 is 33.6 Å². The number of piperidine rings is 1. The Balaban J connectivity index is 1.90. The van der Waals surface area contributed by atoms with Crippen LogP contribution in [0, 0.1) is 5.92 Å². The average Bonchev–Trinajstić information content (AvgIpc) is 2.53. The van der Waals surface area contributed by atoms with Gasteiger partial charge in [0.05, 0.1) is 5.92 Å². The molecule has 1 aromatic carbocycles. The zero-order valence-electron chi connectivity index (χ0n) is 11.9. The number of hydrogen-bond donors (Lipinski definition) is 1. The molecule has 1 fully saturated rings. The molecule has 0 aromatic heterocycles. The first kappa shape index (κ1) is 16.4. The first-order valence-electron chi connectivity index (χ1n) is 6.97. The third-order valence-electron chi connectivity index (χ3n) is 3.66. The maximum atomic E-state index is 12.0. The van der Waals surface area contributed by atoms with Gasteiger partial charge in [0.2, 0.25) is 5.91 Å². The number of carboxylic acid groups (broad SMARTS) is 1. The number of likely N-dealkylation sites (tertiary alicyclic amines) is 1. The van der Waals surface area contributed by atoms with Gasteiger partial charge in [0.15, 0.2) is 5.78 Å². The summed E-state index contributed by atoms with van der Waals surface area (Å²) in [5.41, 5.74) is 0.511. The van der Waals surface area contributed by atoms with E-state index < -0.39 is 5.97 Å². The fraction of sp³-hybridized carbons (Fsp3) is 0.312. The summed E-state index contributed by atoms with van der Waals surface area (Å²) in [4.78, 5) is 36.4. The second kappa shape index (κ2) is 7.35. The Morgan fingerprint density at radius 3 is 2.23 bits per heavy atom. The molecule has 116 valence electrons. The van der Waals surface area contributed by atoms with Crippen molar-refractivity contribution in [1.29, 1.82) is 0 Å². The van der Waals surface area contributed by atoms with E-state index in [1.54, 1.807) is 29.2 Å². The maximum absolute atomic E-state index is 12.0. The lowest BCUT2D eigenvalue weighted by Crippen LogP contribution is -2.39. The number of benzene rings is 1. The molecule has 1 N–H and O–H groups in total. The number of rotatable bonds is 4. The number of hydrogen-bond acceptors (Lipinski definition) is 3. The van der Waals surface area contributed by atoms with Crippen molar-refractivity contribution in [3.63, 3.8) is 0 Å². The van der Waals surface area contributed by atoms with E-state index in [9.17, 15) is 14.4 Å². The summed E-state index contributed by atoms with van der Waals surface area (Å²) in [7, 11) is 0. The predicted molar refractivity (Wildman–Crippen MR) is 84.6 cm³/mol. The first-order chi connectivity index (χ1) is 10.5. The molecule has 0 aliphatic carbocycles. The molecule has 1 amide bonds. The summed E-state index contributed by atoms with van der Waals surface area (Å²) >= 11 is 3.29. The van der Waals surface area contributed by atoms with Crippen LogP contribution in [-0.4, -0.2) is 40.8 Å². The van der Waals surface area contributed by atoms with Gasteiger partial charge in [0, 0.05) is 29.2 Å². The summed E-state index contributed by atoms with van der Waals surface area (Å²) in [6.07, 6.45) is 3.42. The quantitative estimate of drug-likeness (QED) is 0.656. The van der Waals surface area contributed by atoms with Gasteiger partial charge in [0.1, 0.15) is 0 Å². The van der Waals surface area contributed by atoms with Crippen molar-refractivity contribution in [2.24, 2.45) is 5.92 Å². The molecule has 1 heterocycles.